The molecule has 0 radical (unpaired) electrons. The fourth-order valence-corrected chi connectivity index (χ4v) is 5.98. The Morgan fingerprint density at radius 1 is 1.06 bits per heavy atom. The highest BCUT2D eigenvalue weighted by molar-refractivity contribution is 7.89. The van der Waals surface area contributed by atoms with E-state index in [-0.39, 0.29) is 42.5 Å². The van der Waals surface area contributed by atoms with Gasteiger partial charge in [-0.25, -0.2) is 18.1 Å². The predicted molar refractivity (Wildman–Crippen MR) is 114 cm³/mol. The minimum absolute atomic E-state index is 0.171. The van der Waals surface area contributed by atoms with E-state index < -0.39 is 15.6 Å². The zero-order valence-corrected chi connectivity index (χ0v) is 18.9. The number of amides is 3. The molecule has 0 bridgehead atoms. The number of nitrogens with zero attached hydrogens (tertiary/aromatic N) is 3. The molecule has 1 unspecified atom stereocenters. The number of carbonyl (C=O) groups excluding carboxylic acids is 2. The molecule has 1 aliphatic carbocycles. The minimum Gasteiger partial charge on any atom is -0.490 e. The maximum Gasteiger partial charge on any atom is 0.326 e. The van der Waals surface area contributed by atoms with Gasteiger partial charge in [-0.3, -0.25) is 9.69 Å². The van der Waals surface area contributed by atoms with Crippen LogP contribution in [0.1, 0.15) is 26.2 Å². The Labute approximate surface area is 187 Å². The van der Waals surface area contributed by atoms with Crippen LogP contribution in [0.4, 0.5) is 4.79 Å². The lowest BCUT2D eigenvalue weighted by molar-refractivity contribution is -0.133. The first-order valence-electron chi connectivity index (χ1n) is 11.1. The standard InChI is InChI=1S/C21H28N4O6S/c1-21(15-3-4-15)19(26)25(20(27)22-21)14-23-7-9-24(10-8-23)32(28,29)16-5-6-17-18(13-16)31-12-2-11-30-17/h5-6,13,15H,2-4,7-12,14H2,1H3,(H,22,27). The van der Waals surface area contributed by atoms with Crippen molar-refractivity contribution >= 4 is 22.0 Å². The van der Waals surface area contributed by atoms with Crippen LogP contribution in [0.2, 0.25) is 0 Å². The summed E-state index contributed by atoms with van der Waals surface area (Å²) in [6.07, 6.45) is 2.65. The summed E-state index contributed by atoms with van der Waals surface area (Å²) in [6, 6.07) is 4.33. The van der Waals surface area contributed by atoms with Crippen molar-refractivity contribution in [2.45, 2.75) is 36.6 Å². The quantitative estimate of drug-likeness (QED) is 0.643. The van der Waals surface area contributed by atoms with E-state index in [2.05, 4.69) is 5.32 Å². The Morgan fingerprint density at radius 3 is 2.44 bits per heavy atom. The number of fused-ring (bicyclic) bond motifs is 1. The molecule has 1 N–H and O–H groups in total. The van der Waals surface area contributed by atoms with E-state index in [9.17, 15) is 18.0 Å². The molecule has 10 nitrogen and oxygen atoms in total. The van der Waals surface area contributed by atoms with Crippen molar-refractivity contribution in [1.29, 1.82) is 0 Å². The zero-order chi connectivity index (χ0) is 22.5. The normalized spacial score (nSPS) is 27.3. The first-order chi connectivity index (χ1) is 15.3. The Kier molecular flexibility index (Phi) is 5.30. The number of sulfonamides is 1. The van der Waals surface area contributed by atoms with Gasteiger partial charge in [-0.1, -0.05) is 0 Å². The molecule has 3 amide bonds. The van der Waals surface area contributed by atoms with Gasteiger partial charge in [-0.15, -0.1) is 0 Å². The van der Waals surface area contributed by atoms with E-state index in [1.165, 1.54) is 15.3 Å². The second-order valence-electron chi connectivity index (χ2n) is 8.96. The Hall–Kier alpha value is -2.37. The van der Waals surface area contributed by atoms with Gasteiger partial charge in [-0.05, 0) is 37.8 Å². The number of nitrogens with one attached hydrogen (secondary N) is 1. The van der Waals surface area contributed by atoms with Crippen molar-refractivity contribution in [3.63, 3.8) is 0 Å². The molecule has 3 heterocycles. The zero-order valence-electron chi connectivity index (χ0n) is 18.1. The molecule has 4 aliphatic rings. The lowest BCUT2D eigenvalue weighted by atomic mass is 9.96. The number of piperazine rings is 1. The van der Waals surface area contributed by atoms with Crippen molar-refractivity contribution in [3.8, 4) is 11.5 Å². The summed E-state index contributed by atoms with van der Waals surface area (Å²) in [6.45, 7) is 4.41. The highest BCUT2D eigenvalue weighted by Gasteiger charge is 2.56. The van der Waals surface area contributed by atoms with Crippen molar-refractivity contribution < 1.29 is 27.5 Å². The molecule has 0 spiro atoms. The number of urea groups is 1. The van der Waals surface area contributed by atoms with Gasteiger partial charge in [0.05, 0.1) is 24.8 Å². The van der Waals surface area contributed by atoms with Crippen LogP contribution in [0.3, 0.4) is 0 Å². The predicted octanol–water partition coefficient (Wildman–Crippen LogP) is 0.832. The molecule has 1 aromatic carbocycles. The van der Waals surface area contributed by atoms with E-state index in [4.69, 9.17) is 9.47 Å². The maximum atomic E-state index is 13.2. The monoisotopic (exact) mass is 464 g/mol. The Morgan fingerprint density at radius 2 is 1.75 bits per heavy atom. The van der Waals surface area contributed by atoms with Crippen LogP contribution in [-0.2, 0) is 14.8 Å². The van der Waals surface area contributed by atoms with Gasteiger partial charge in [0.2, 0.25) is 10.0 Å². The highest BCUT2D eigenvalue weighted by atomic mass is 32.2. The van der Waals surface area contributed by atoms with Crippen LogP contribution in [0.15, 0.2) is 23.1 Å². The molecule has 3 aliphatic heterocycles. The third-order valence-electron chi connectivity index (χ3n) is 6.72. The van der Waals surface area contributed by atoms with Gasteiger partial charge in [0.1, 0.15) is 5.54 Å². The number of hydrogen-bond acceptors (Lipinski definition) is 7. The van der Waals surface area contributed by atoms with Crippen LogP contribution in [-0.4, -0.2) is 86.1 Å². The molecule has 174 valence electrons. The molecule has 5 rings (SSSR count). The lowest BCUT2D eigenvalue weighted by Crippen LogP contribution is -2.53. The molecule has 2 saturated heterocycles. The van der Waals surface area contributed by atoms with Crippen LogP contribution in [0.5, 0.6) is 11.5 Å². The molecule has 1 atom stereocenters. The summed E-state index contributed by atoms with van der Waals surface area (Å²) >= 11 is 0. The van der Waals surface area contributed by atoms with Gasteiger partial charge in [0, 0.05) is 38.7 Å². The molecular weight excluding hydrogens is 436 g/mol. The van der Waals surface area contributed by atoms with Crippen LogP contribution >= 0.6 is 0 Å². The number of rotatable bonds is 5. The summed E-state index contributed by atoms with van der Waals surface area (Å²) in [5.41, 5.74) is -0.806. The van der Waals surface area contributed by atoms with E-state index in [0.29, 0.717) is 37.8 Å². The van der Waals surface area contributed by atoms with Crippen LogP contribution in [0.25, 0.3) is 0 Å². The summed E-state index contributed by atoms with van der Waals surface area (Å²) in [5.74, 6) is 1.02. The summed E-state index contributed by atoms with van der Waals surface area (Å²) in [7, 11) is -3.69. The average molecular weight is 465 g/mol. The SMILES string of the molecule is CC1(C2CC2)NC(=O)N(CN2CCN(S(=O)(=O)c3ccc4c(c3)OCCCO4)CC2)C1=O. The number of ether oxygens (including phenoxy) is 2. The molecule has 32 heavy (non-hydrogen) atoms. The molecular formula is C21H28N4O6S. The van der Waals surface area contributed by atoms with E-state index >= 15 is 0 Å². The number of carbonyl (C=O) groups is 2. The van der Waals surface area contributed by atoms with E-state index in [0.717, 1.165) is 19.3 Å². The third-order valence-corrected chi connectivity index (χ3v) is 8.62. The largest absolute Gasteiger partial charge is 0.490 e. The Balaban J connectivity index is 1.22. The smallest absolute Gasteiger partial charge is 0.326 e. The fraction of sp³-hybridized carbons (Fsp3) is 0.619. The van der Waals surface area contributed by atoms with Crippen molar-refractivity contribution in [2.75, 3.05) is 46.1 Å². The van der Waals surface area contributed by atoms with Crippen molar-refractivity contribution in [2.24, 2.45) is 5.92 Å². The number of benzene rings is 1. The van der Waals surface area contributed by atoms with Crippen molar-refractivity contribution in [3.05, 3.63) is 18.2 Å². The molecule has 1 aromatic rings. The second-order valence-corrected chi connectivity index (χ2v) is 10.9. The first kappa shape index (κ1) is 21.5. The highest BCUT2D eigenvalue weighted by Crippen LogP contribution is 2.42. The minimum atomic E-state index is -3.69. The maximum absolute atomic E-state index is 13.2. The average Bonchev–Trinajstić information content (AvgIpc) is 3.62. The van der Waals surface area contributed by atoms with Crippen LogP contribution in [0, 0.1) is 5.92 Å². The van der Waals surface area contributed by atoms with Gasteiger partial charge in [0.15, 0.2) is 11.5 Å². The fourth-order valence-electron chi connectivity index (χ4n) is 4.55. The van der Waals surface area contributed by atoms with Crippen molar-refractivity contribution in [1.82, 2.24) is 19.4 Å². The van der Waals surface area contributed by atoms with E-state index in [1.807, 2.05) is 4.90 Å². The first-order valence-corrected chi connectivity index (χ1v) is 12.5. The topological polar surface area (TPSA) is 108 Å². The molecule has 0 aromatic heterocycles. The summed E-state index contributed by atoms with van der Waals surface area (Å²) in [5, 5.41) is 2.85. The third kappa shape index (κ3) is 3.71. The van der Waals surface area contributed by atoms with Gasteiger partial charge >= 0.3 is 6.03 Å². The molecule has 1 saturated carbocycles. The lowest BCUT2D eigenvalue weighted by Gasteiger charge is -2.35. The van der Waals surface area contributed by atoms with Gasteiger partial charge in [-0.2, -0.15) is 4.31 Å². The number of imide groups is 1. The number of hydrogen-bond donors (Lipinski definition) is 1. The summed E-state index contributed by atoms with van der Waals surface area (Å²) in [4.78, 5) is 28.6. The van der Waals surface area contributed by atoms with E-state index in [1.54, 1.807) is 19.1 Å². The Bertz CT molecular complexity index is 1030. The second kappa shape index (κ2) is 7.89. The van der Waals surface area contributed by atoms with Gasteiger partial charge < -0.3 is 14.8 Å². The molecule has 11 heteroatoms. The van der Waals surface area contributed by atoms with Gasteiger partial charge in [0.25, 0.3) is 5.91 Å². The molecule has 3 fully saturated rings. The van der Waals surface area contributed by atoms with Crippen LogP contribution < -0.4 is 14.8 Å². The summed E-state index contributed by atoms with van der Waals surface area (Å²) < 4.78 is 39.0.